The molecule has 1 aliphatic carbocycles. The Labute approximate surface area is 172 Å². The Balaban J connectivity index is 2.00. The van der Waals surface area contributed by atoms with E-state index in [0.717, 1.165) is 9.79 Å². The summed E-state index contributed by atoms with van der Waals surface area (Å²) in [5.41, 5.74) is -0.307. The molecule has 1 fully saturated rings. The van der Waals surface area contributed by atoms with Crippen LogP contribution in [0.1, 0.15) is 26.7 Å². The van der Waals surface area contributed by atoms with Crippen molar-refractivity contribution in [2.24, 2.45) is 5.41 Å². The normalized spacial score (nSPS) is 18.8. The first-order valence-electron chi connectivity index (χ1n) is 8.16. The number of thioether (sulfide) groups is 2. The van der Waals surface area contributed by atoms with Crippen molar-refractivity contribution >= 4 is 58.3 Å². The molecule has 2 nitrogen and oxygen atoms in total. The average molecular weight is 425 g/mol. The van der Waals surface area contributed by atoms with Gasteiger partial charge in [-0.25, -0.2) is 0 Å². The minimum atomic E-state index is -1.18. The summed E-state index contributed by atoms with van der Waals surface area (Å²) in [5.74, 6) is -0.0858. The van der Waals surface area contributed by atoms with Crippen molar-refractivity contribution in [3.05, 3.63) is 58.6 Å². The van der Waals surface area contributed by atoms with Gasteiger partial charge in [0.05, 0.1) is 0 Å². The van der Waals surface area contributed by atoms with Gasteiger partial charge in [0.1, 0.15) is 0 Å². The number of carbonyl (C=O) groups is 2. The van der Waals surface area contributed by atoms with Crippen molar-refractivity contribution in [3.8, 4) is 0 Å². The van der Waals surface area contributed by atoms with Crippen LogP contribution < -0.4 is 0 Å². The smallest absolute Gasteiger partial charge is 0.187 e. The van der Waals surface area contributed by atoms with Gasteiger partial charge in [0.2, 0.25) is 0 Å². The number of hydrogen-bond donors (Lipinski definition) is 0. The van der Waals surface area contributed by atoms with Crippen molar-refractivity contribution in [2.45, 2.75) is 40.6 Å². The highest BCUT2D eigenvalue weighted by molar-refractivity contribution is 8.20. The molecule has 2 aromatic carbocycles. The zero-order valence-electron chi connectivity index (χ0n) is 14.4. The van der Waals surface area contributed by atoms with E-state index in [9.17, 15) is 9.59 Å². The van der Waals surface area contributed by atoms with E-state index in [4.69, 9.17) is 23.2 Å². The SMILES string of the molecule is CC1(C)CC(=O)C(Sc2ccc(Cl)cc2)(Sc2ccc(Cl)cc2)C(=O)C1. The molecule has 0 bridgehead atoms. The predicted molar refractivity (Wildman–Crippen MR) is 110 cm³/mol. The van der Waals surface area contributed by atoms with Crippen LogP contribution in [0.2, 0.25) is 10.0 Å². The van der Waals surface area contributed by atoms with E-state index in [2.05, 4.69) is 0 Å². The van der Waals surface area contributed by atoms with Crippen molar-refractivity contribution in [3.63, 3.8) is 0 Å². The zero-order valence-corrected chi connectivity index (χ0v) is 17.6. The fraction of sp³-hybridized carbons (Fsp3) is 0.300. The fourth-order valence-electron chi connectivity index (χ4n) is 2.91. The standard InChI is InChI=1S/C20H18Cl2O2S2/c1-19(2)11-17(23)20(18(24)12-19,25-15-7-3-13(21)4-8-15)26-16-9-5-14(22)6-10-16/h3-10H,11-12H2,1-2H3. The summed E-state index contributed by atoms with van der Waals surface area (Å²) < 4.78 is -1.18. The lowest BCUT2D eigenvalue weighted by atomic mass is 9.76. The molecule has 136 valence electrons. The number of hydrogen-bond acceptors (Lipinski definition) is 4. The maximum Gasteiger partial charge on any atom is 0.187 e. The van der Waals surface area contributed by atoms with Gasteiger partial charge < -0.3 is 0 Å². The third-order valence-corrected chi connectivity index (χ3v) is 7.67. The van der Waals surface area contributed by atoms with E-state index < -0.39 is 4.08 Å². The van der Waals surface area contributed by atoms with Crippen LogP contribution in [0.5, 0.6) is 0 Å². The molecule has 0 aromatic heterocycles. The number of benzene rings is 2. The minimum absolute atomic E-state index is 0.0429. The molecule has 26 heavy (non-hydrogen) atoms. The quantitative estimate of drug-likeness (QED) is 0.412. The summed E-state index contributed by atoms with van der Waals surface area (Å²) in [4.78, 5) is 28.0. The van der Waals surface area contributed by atoms with Gasteiger partial charge in [0.25, 0.3) is 0 Å². The monoisotopic (exact) mass is 424 g/mol. The minimum Gasteiger partial charge on any atom is -0.297 e. The first-order valence-corrected chi connectivity index (χ1v) is 10.5. The van der Waals surface area contributed by atoms with Crippen molar-refractivity contribution in [1.29, 1.82) is 0 Å². The average Bonchev–Trinajstić information content (AvgIpc) is 2.56. The van der Waals surface area contributed by atoms with Gasteiger partial charge >= 0.3 is 0 Å². The molecule has 3 rings (SSSR count). The van der Waals surface area contributed by atoms with Crippen LogP contribution in [0.15, 0.2) is 58.3 Å². The third kappa shape index (κ3) is 4.30. The van der Waals surface area contributed by atoms with Gasteiger partial charge in [-0.1, -0.05) is 60.6 Å². The summed E-state index contributed by atoms with van der Waals surface area (Å²) in [7, 11) is 0. The van der Waals surface area contributed by atoms with Crippen LogP contribution in [0.3, 0.4) is 0 Å². The summed E-state index contributed by atoms with van der Waals surface area (Å²) in [6.07, 6.45) is 0.750. The van der Waals surface area contributed by atoms with E-state index in [-0.39, 0.29) is 17.0 Å². The van der Waals surface area contributed by atoms with Gasteiger partial charge in [0, 0.05) is 32.7 Å². The Morgan fingerprint density at radius 3 is 1.42 bits per heavy atom. The van der Waals surface area contributed by atoms with Crippen LogP contribution in [-0.4, -0.2) is 15.6 Å². The molecular weight excluding hydrogens is 407 g/mol. The van der Waals surface area contributed by atoms with Gasteiger partial charge in [0.15, 0.2) is 15.6 Å². The van der Waals surface area contributed by atoms with E-state index in [1.165, 1.54) is 23.5 Å². The summed E-state index contributed by atoms with van der Waals surface area (Å²) in [6, 6.07) is 14.5. The van der Waals surface area contributed by atoms with E-state index in [1.54, 1.807) is 24.3 Å². The van der Waals surface area contributed by atoms with E-state index in [0.29, 0.717) is 22.9 Å². The number of Topliss-reactive ketones (excluding diaryl/α,β-unsaturated/α-hetero) is 2. The second kappa shape index (κ2) is 7.59. The van der Waals surface area contributed by atoms with Crippen molar-refractivity contribution < 1.29 is 9.59 Å². The molecule has 0 saturated heterocycles. The fourth-order valence-corrected chi connectivity index (χ4v) is 5.85. The Kier molecular flexibility index (Phi) is 5.78. The Morgan fingerprint density at radius 1 is 0.731 bits per heavy atom. The zero-order chi connectivity index (χ0) is 18.9. The summed E-state index contributed by atoms with van der Waals surface area (Å²) >= 11 is 14.6. The van der Waals surface area contributed by atoms with Gasteiger partial charge in [-0.15, -0.1) is 0 Å². The molecule has 0 heterocycles. The maximum absolute atomic E-state index is 13.2. The third-order valence-electron chi connectivity index (χ3n) is 4.16. The summed E-state index contributed by atoms with van der Waals surface area (Å²) in [6.45, 7) is 3.93. The molecule has 1 aliphatic rings. The van der Waals surface area contributed by atoms with Crippen LogP contribution in [0.25, 0.3) is 0 Å². The molecule has 1 saturated carbocycles. The molecule has 0 aliphatic heterocycles. The molecule has 0 unspecified atom stereocenters. The highest BCUT2D eigenvalue weighted by Gasteiger charge is 2.53. The lowest BCUT2D eigenvalue weighted by Gasteiger charge is -2.39. The van der Waals surface area contributed by atoms with Crippen LogP contribution in [-0.2, 0) is 9.59 Å². The number of carbonyl (C=O) groups excluding carboxylic acids is 2. The van der Waals surface area contributed by atoms with Crippen molar-refractivity contribution in [2.75, 3.05) is 0 Å². The second-order valence-electron chi connectivity index (χ2n) is 7.09. The van der Waals surface area contributed by atoms with Crippen LogP contribution in [0.4, 0.5) is 0 Å². The number of halogens is 2. The highest BCUT2D eigenvalue weighted by atomic mass is 35.5. The molecule has 0 radical (unpaired) electrons. The van der Waals surface area contributed by atoms with Gasteiger partial charge in [-0.3, -0.25) is 9.59 Å². The molecule has 2 aromatic rings. The highest BCUT2D eigenvalue weighted by Crippen LogP contribution is 2.53. The van der Waals surface area contributed by atoms with Crippen molar-refractivity contribution in [1.82, 2.24) is 0 Å². The second-order valence-corrected chi connectivity index (χ2v) is 10.8. The predicted octanol–water partition coefficient (Wildman–Crippen LogP) is 6.53. The van der Waals surface area contributed by atoms with Gasteiger partial charge in [-0.2, -0.15) is 0 Å². The first-order chi connectivity index (χ1) is 12.2. The molecule has 0 amide bonds. The largest absolute Gasteiger partial charge is 0.297 e. The molecule has 0 spiro atoms. The van der Waals surface area contributed by atoms with Gasteiger partial charge in [-0.05, 0) is 53.9 Å². The Hall–Kier alpha value is -0.940. The number of rotatable bonds is 4. The first kappa shape index (κ1) is 19.8. The molecule has 0 N–H and O–H groups in total. The molecule has 6 heteroatoms. The molecule has 0 atom stereocenters. The van der Waals surface area contributed by atoms with Crippen LogP contribution in [0, 0.1) is 5.41 Å². The van der Waals surface area contributed by atoms with Crippen LogP contribution >= 0.6 is 46.7 Å². The van der Waals surface area contributed by atoms with E-state index in [1.807, 2.05) is 38.1 Å². The topological polar surface area (TPSA) is 34.1 Å². The van der Waals surface area contributed by atoms with E-state index >= 15 is 0 Å². The summed E-state index contributed by atoms with van der Waals surface area (Å²) in [5, 5.41) is 1.24. The lowest BCUT2D eigenvalue weighted by molar-refractivity contribution is -0.133. The number of ketones is 2. The Bertz CT molecular complexity index is 760. The lowest BCUT2D eigenvalue weighted by Crippen LogP contribution is -2.48. The maximum atomic E-state index is 13.2. The molecular formula is C20H18Cl2O2S2. The Morgan fingerprint density at radius 2 is 1.08 bits per heavy atom.